The highest BCUT2D eigenvalue weighted by atomic mass is 16.3. The number of benzene rings is 1. The summed E-state index contributed by atoms with van der Waals surface area (Å²) in [6, 6.07) is 6.95. The first-order valence-electron chi connectivity index (χ1n) is 6.82. The number of aryl methyl sites for hydroxylation is 1. The summed E-state index contributed by atoms with van der Waals surface area (Å²) in [5, 5.41) is 13.3. The van der Waals surface area contributed by atoms with Gasteiger partial charge in [-0.25, -0.2) is 0 Å². The molecule has 0 spiro atoms. The third-order valence-corrected chi connectivity index (χ3v) is 4.53. The maximum absolute atomic E-state index is 9.48. The van der Waals surface area contributed by atoms with E-state index in [9.17, 15) is 5.11 Å². The van der Waals surface area contributed by atoms with Crippen molar-refractivity contribution in [3.8, 4) is 5.75 Å². The highest BCUT2D eigenvalue weighted by molar-refractivity contribution is 5.40. The fourth-order valence-corrected chi connectivity index (χ4v) is 3.17. The molecule has 0 saturated heterocycles. The van der Waals surface area contributed by atoms with Gasteiger partial charge in [-0.1, -0.05) is 12.5 Å². The third kappa shape index (κ3) is 2.06. The Balaban J connectivity index is 1.70. The van der Waals surface area contributed by atoms with Crippen molar-refractivity contribution in [1.29, 1.82) is 0 Å². The first kappa shape index (κ1) is 11.1. The molecule has 0 amide bonds. The van der Waals surface area contributed by atoms with Gasteiger partial charge in [0.2, 0.25) is 0 Å². The van der Waals surface area contributed by atoms with E-state index in [1.807, 2.05) is 12.1 Å². The first-order valence-corrected chi connectivity index (χ1v) is 6.82. The van der Waals surface area contributed by atoms with Crippen molar-refractivity contribution in [3.05, 3.63) is 29.3 Å². The van der Waals surface area contributed by atoms with Crippen LogP contribution in [0, 0.1) is 5.92 Å². The summed E-state index contributed by atoms with van der Waals surface area (Å²) in [6.07, 6.45) is 6.47. The first-order chi connectivity index (χ1) is 8.24. The van der Waals surface area contributed by atoms with E-state index in [1.54, 1.807) is 0 Å². The predicted octanol–water partition coefficient (Wildman–Crippen LogP) is 3.16. The van der Waals surface area contributed by atoms with E-state index < -0.39 is 0 Å². The Kier molecular flexibility index (Phi) is 2.83. The molecule has 0 heterocycles. The SMILES string of the molecule is CC(NC1CCc2cc(O)ccc21)C1CCC1. The molecule has 0 aromatic heterocycles. The summed E-state index contributed by atoms with van der Waals surface area (Å²) in [7, 11) is 0. The van der Waals surface area contributed by atoms with Crippen molar-refractivity contribution in [1.82, 2.24) is 5.32 Å². The Hall–Kier alpha value is -1.02. The zero-order valence-electron chi connectivity index (χ0n) is 10.4. The Morgan fingerprint density at radius 1 is 1.29 bits per heavy atom. The van der Waals surface area contributed by atoms with Crippen molar-refractivity contribution in [2.24, 2.45) is 5.92 Å². The molecular formula is C15H21NO. The van der Waals surface area contributed by atoms with Gasteiger partial charge in [0.1, 0.15) is 5.75 Å². The molecule has 2 aliphatic carbocycles. The second kappa shape index (κ2) is 4.34. The van der Waals surface area contributed by atoms with Crippen LogP contribution < -0.4 is 5.32 Å². The van der Waals surface area contributed by atoms with Gasteiger partial charge in [0.15, 0.2) is 0 Å². The van der Waals surface area contributed by atoms with Crippen LogP contribution in [0.25, 0.3) is 0 Å². The average Bonchev–Trinajstić information content (AvgIpc) is 2.58. The van der Waals surface area contributed by atoms with Gasteiger partial charge in [-0.05, 0) is 61.8 Å². The highest BCUT2D eigenvalue weighted by Crippen LogP contribution is 2.36. The zero-order chi connectivity index (χ0) is 11.8. The van der Waals surface area contributed by atoms with Crippen LogP contribution in [0.15, 0.2) is 18.2 Å². The predicted molar refractivity (Wildman–Crippen MR) is 69.1 cm³/mol. The summed E-state index contributed by atoms with van der Waals surface area (Å²) in [4.78, 5) is 0. The van der Waals surface area contributed by atoms with Gasteiger partial charge in [-0.2, -0.15) is 0 Å². The number of fused-ring (bicyclic) bond motifs is 1. The second-order valence-corrected chi connectivity index (χ2v) is 5.62. The summed E-state index contributed by atoms with van der Waals surface area (Å²) in [5.41, 5.74) is 2.72. The molecule has 1 aromatic rings. The van der Waals surface area contributed by atoms with Crippen LogP contribution in [0.1, 0.15) is 49.8 Å². The van der Waals surface area contributed by atoms with Crippen LogP contribution in [0.4, 0.5) is 0 Å². The molecule has 17 heavy (non-hydrogen) atoms. The number of hydrogen-bond donors (Lipinski definition) is 2. The van der Waals surface area contributed by atoms with Crippen molar-refractivity contribution in [2.45, 2.75) is 51.1 Å². The smallest absolute Gasteiger partial charge is 0.115 e. The molecule has 1 saturated carbocycles. The Morgan fingerprint density at radius 3 is 2.82 bits per heavy atom. The summed E-state index contributed by atoms with van der Waals surface area (Å²) in [5.74, 6) is 1.28. The lowest BCUT2D eigenvalue weighted by atomic mass is 9.80. The number of rotatable bonds is 3. The minimum Gasteiger partial charge on any atom is -0.508 e. The fraction of sp³-hybridized carbons (Fsp3) is 0.600. The van der Waals surface area contributed by atoms with Crippen molar-refractivity contribution < 1.29 is 5.11 Å². The van der Waals surface area contributed by atoms with E-state index in [2.05, 4.69) is 18.3 Å². The van der Waals surface area contributed by atoms with Crippen molar-refractivity contribution in [2.75, 3.05) is 0 Å². The van der Waals surface area contributed by atoms with Crippen molar-refractivity contribution >= 4 is 0 Å². The van der Waals surface area contributed by atoms with Crippen LogP contribution in [0.2, 0.25) is 0 Å². The van der Waals surface area contributed by atoms with Gasteiger partial charge in [0, 0.05) is 12.1 Å². The van der Waals surface area contributed by atoms with E-state index in [-0.39, 0.29) is 0 Å². The van der Waals surface area contributed by atoms with Crippen LogP contribution in [-0.4, -0.2) is 11.1 Å². The molecule has 2 unspecified atom stereocenters. The Labute approximate surface area is 103 Å². The standard InChI is InChI=1S/C15H21NO/c1-10(11-3-2-4-11)16-15-8-5-12-9-13(17)6-7-14(12)15/h6-7,9-11,15-17H,2-5,8H2,1H3. The number of phenolic OH excluding ortho intramolecular Hbond substituents is 1. The molecule has 1 fully saturated rings. The normalized spacial score (nSPS) is 25.4. The van der Waals surface area contributed by atoms with Gasteiger partial charge in [-0.3, -0.25) is 0 Å². The number of hydrogen-bond acceptors (Lipinski definition) is 2. The summed E-state index contributed by atoms with van der Waals surface area (Å²) in [6.45, 7) is 2.32. The largest absolute Gasteiger partial charge is 0.508 e. The van der Waals surface area contributed by atoms with Gasteiger partial charge in [-0.15, -0.1) is 0 Å². The van der Waals surface area contributed by atoms with E-state index in [4.69, 9.17) is 0 Å². The zero-order valence-corrected chi connectivity index (χ0v) is 10.4. The van der Waals surface area contributed by atoms with E-state index in [0.29, 0.717) is 17.8 Å². The monoisotopic (exact) mass is 231 g/mol. The molecule has 0 radical (unpaired) electrons. The average molecular weight is 231 g/mol. The van der Waals surface area contributed by atoms with Gasteiger partial charge in [0.05, 0.1) is 0 Å². The minimum atomic E-state index is 0.399. The summed E-state index contributed by atoms with van der Waals surface area (Å²) >= 11 is 0. The molecule has 2 aliphatic rings. The molecular weight excluding hydrogens is 210 g/mol. The van der Waals surface area contributed by atoms with E-state index >= 15 is 0 Å². The van der Waals surface area contributed by atoms with Crippen LogP contribution >= 0.6 is 0 Å². The quantitative estimate of drug-likeness (QED) is 0.837. The maximum atomic E-state index is 9.48. The fourth-order valence-electron chi connectivity index (χ4n) is 3.17. The molecule has 3 rings (SSSR count). The topological polar surface area (TPSA) is 32.3 Å². The van der Waals surface area contributed by atoms with Gasteiger partial charge in [0.25, 0.3) is 0 Å². The second-order valence-electron chi connectivity index (χ2n) is 5.62. The van der Waals surface area contributed by atoms with Crippen LogP contribution in [0.3, 0.4) is 0 Å². The van der Waals surface area contributed by atoms with E-state index in [0.717, 1.165) is 12.3 Å². The third-order valence-electron chi connectivity index (χ3n) is 4.53. The van der Waals surface area contributed by atoms with Crippen LogP contribution in [-0.2, 0) is 6.42 Å². The molecule has 2 atom stereocenters. The summed E-state index contributed by atoms with van der Waals surface area (Å²) < 4.78 is 0. The van der Waals surface area contributed by atoms with Gasteiger partial charge >= 0.3 is 0 Å². The minimum absolute atomic E-state index is 0.399. The van der Waals surface area contributed by atoms with Gasteiger partial charge < -0.3 is 10.4 Å². The highest BCUT2D eigenvalue weighted by Gasteiger charge is 2.29. The molecule has 2 nitrogen and oxygen atoms in total. The molecule has 0 aliphatic heterocycles. The Bertz CT molecular complexity index is 411. The molecule has 2 N–H and O–H groups in total. The molecule has 0 bridgehead atoms. The number of aromatic hydroxyl groups is 1. The molecule has 2 heteroatoms. The maximum Gasteiger partial charge on any atom is 0.115 e. The lowest BCUT2D eigenvalue weighted by Crippen LogP contribution is -2.38. The van der Waals surface area contributed by atoms with E-state index in [1.165, 1.54) is 36.8 Å². The Morgan fingerprint density at radius 2 is 2.12 bits per heavy atom. The van der Waals surface area contributed by atoms with Crippen LogP contribution in [0.5, 0.6) is 5.75 Å². The number of nitrogens with one attached hydrogen (secondary N) is 1. The number of phenols is 1. The molecule has 1 aromatic carbocycles. The molecule has 92 valence electrons. The lowest BCUT2D eigenvalue weighted by molar-refractivity contribution is 0.226. The lowest BCUT2D eigenvalue weighted by Gasteiger charge is -2.34. The van der Waals surface area contributed by atoms with Crippen molar-refractivity contribution in [3.63, 3.8) is 0 Å².